The van der Waals surface area contributed by atoms with Crippen LogP contribution in [-0.4, -0.2) is 30.3 Å². The summed E-state index contributed by atoms with van der Waals surface area (Å²) in [5.41, 5.74) is 0.741. The smallest absolute Gasteiger partial charge is 0.337 e. The molecule has 2 aromatic carbocycles. The topological polar surface area (TPSA) is 72.8 Å². The Balaban J connectivity index is 2.25. The summed E-state index contributed by atoms with van der Waals surface area (Å²) in [6.45, 7) is 3.63. The lowest BCUT2D eigenvalue weighted by Gasteiger charge is -2.27. The van der Waals surface area contributed by atoms with Crippen LogP contribution >= 0.6 is 0 Å². The molecule has 0 amide bonds. The van der Waals surface area contributed by atoms with Gasteiger partial charge in [0.25, 0.3) is 0 Å². The third-order valence-corrected chi connectivity index (χ3v) is 4.36. The molecule has 0 saturated heterocycles. The SMILES string of the molecule is CCOC(=O)/C=C(\C(=O)OCC)C1(O)c2ccccc2-c2ccccc21. The number of hydrogen-bond donors (Lipinski definition) is 1. The maximum absolute atomic E-state index is 12.6. The van der Waals surface area contributed by atoms with Gasteiger partial charge >= 0.3 is 11.9 Å². The van der Waals surface area contributed by atoms with Crippen LogP contribution < -0.4 is 0 Å². The van der Waals surface area contributed by atoms with E-state index in [2.05, 4.69) is 0 Å². The summed E-state index contributed by atoms with van der Waals surface area (Å²) in [4.78, 5) is 24.7. The summed E-state index contributed by atoms with van der Waals surface area (Å²) < 4.78 is 10.1. The van der Waals surface area contributed by atoms with Gasteiger partial charge in [0.05, 0.1) is 18.8 Å². The van der Waals surface area contributed by atoms with Gasteiger partial charge in [0.1, 0.15) is 5.60 Å². The van der Waals surface area contributed by atoms with Crippen LogP contribution in [0.4, 0.5) is 0 Å². The fourth-order valence-corrected chi connectivity index (χ4v) is 3.32. The van der Waals surface area contributed by atoms with Crippen LogP contribution in [0, 0.1) is 0 Å². The zero-order chi connectivity index (χ0) is 18.7. The van der Waals surface area contributed by atoms with E-state index in [1.807, 2.05) is 24.3 Å². The highest BCUT2D eigenvalue weighted by molar-refractivity contribution is 6.01. The summed E-state index contributed by atoms with van der Waals surface area (Å²) >= 11 is 0. The molecular weight excluding hydrogens is 332 g/mol. The molecule has 0 unspecified atom stereocenters. The van der Waals surface area contributed by atoms with Crippen LogP contribution in [0.2, 0.25) is 0 Å². The second-order valence-electron chi connectivity index (χ2n) is 5.83. The molecule has 0 radical (unpaired) electrons. The summed E-state index contributed by atoms with van der Waals surface area (Å²) in [7, 11) is 0. The minimum atomic E-state index is -1.79. The van der Waals surface area contributed by atoms with E-state index in [1.165, 1.54) is 0 Å². The van der Waals surface area contributed by atoms with Crippen molar-refractivity contribution in [2.24, 2.45) is 0 Å². The van der Waals surface area contributed by atoms with E-state index in [4.69, 9.17) is 9.47 Å². The number of esters is 2. The van der Waals surface area contributed by atoms with Gasteiger partial charge in [-0.15, -0.1) is 0 Å². The molecule has 0 aliphatic heterocycles. The van der Waals surface area contributed by atoms with Gasteiger partial charge in [0, 0.05) is 17.2 Å². The normalized spacial score (nSPS) is 14.3. The highest BCUT2D eigenvalue weighted by atomic mass is 16.5. The van der Waals surface area contributed by atoms with Crippen molar-refractivity contribution in [3.63, 3.8) is 0 Å². The van der Waals surface area contributed by atoms with Crippen LogP contribution in [-0.2, 0) is 24.7 Å². The lowest BCUT2D eigenvalue weighted by molar-refractivity contribution is -0.142. The minimum Gasteiger partial charge on any atom is -0.463 e. The van der Waals surface area contributed by atoms with Crippen LogP contribution in [0.15, 0.2) is 60.2 Å². The van der Waals surface area contributed by atoms with E-state index in [0.29, 0.717) is 11.1 Å². The quantitative estimate of drug-likeness (QED) is 0.662. The van der Waals surface area contributed by atoms with Crippen molar-refractivity contribution < 1.29 is 24.2 Å². The van der Waals surface area contributed by atoms with Crippen molar-refractivity contribution in [3.05, 3.63) is 71.3 Å². The largest absolute Gasteiger partial charge is 0.463 e. The second kappa shape index (κ2) is 7.14. The van der Waals surface area contributed by atoms with Crippen LogP contribution in [0.25, 0.3) is 11.1 Å². The van der Waals surface area contributed by atoms with Gasteiger partial charge in [0.15, 0.2) is 0 Å². The van der Waals surface area contributed by atoms with Gasteiger partial charge in [-0.2, -0.15) is 0 Å². The van der Waals surface area contributed by atoms with E-state index in [1.54, 1.807) is 38.1 Å². The lowest BCUT2D eigenvalue weighted by atomic mass is 9.83. The molecule has 0 bridgehead atoms. The average Bonchev–Trinajstić information content (AvgIpc) is 2.91. The van der Waals surface area contributed by atoms with E-state index in [0.717, 1.165) is 17.2 Å². The third-order valence-electron chi connectivity index (χ3n) is 4.36. The molecule has 0 spiro atoms. The Kier molecular flexibility index (Phi) is 4.91. The highest BCUT2D eigenvalue weighted by Gasteiger charge is 2.47. The number of ether oxygens (including phenoxy) is 2. The lowest BCUT2D eigenvalue weighted by Crippen LogP contribution is -2.33. The molecule has 1 N–H and O–H groups in total. The summed E-state index contributed by atoms with van der Waals surface area (Å²) in [6, 6.07) is 14.5. The number of benzene rings is 2. The van der Waals surface area contributed by atoms with Crippen molar-refractivity contribution in [1.29, 1.82) is 0 Å². The number of aliphatic hydroxyl groups is 1. The molecule has 1 aliphatic rings. The third kappa shape index (κ3) is 2.80. The molecule has 1 aliphatic carbocycles. The van der Waals surface area contributed by atoms with Crippen LogP contribution in [0.3, 0.4) is 0 Å². The minimum absolute atomic E-state index is 0.123. The summed E-state index contributed by atoms with van der Waals surface area (Å²) in [6.07, 6.45) is 1.03. The van der Waals surface area contributed by atoms with E-state index < -0.39 is 17.5 Å². The first-order valence-corrected chi connectivity index (χ1v) is 8.51. The van der Waals surface area contributed by atoms with Gasteiger partial charge < -0.3 is 14.6 Å². The summed E-state index contributed by atoms with van der Waals surface area (Å²) in [5.74, 6) is -1.46. The standard InChI is InChI=1S/C21H20O5/c1-3-25-19(22)13-18(20(23)26-4-2)21(24)16-11-7-5-9-14(16)15-10-6-8-12-17(15)21/h5-13,24H,3-4H2,1-2H3/b18-13+. The van der Waals surface area contributed by atoms with Gasteiger partial charge in [-0.25, -0.2) is 9.59 Å². The molecule has 0 atom stereocenters. The predicted octanol–water partition coefficient (Wildman–Crippen LogP) is 2.96. The molecule has 2 aromatic rings. The molecule has 5 heteroatoms. The van der Waals surface area contributed by atoms with Crippen molar-refractivity contribution in [2.75, 3.05) is 13.2 Å². The Labute approximate surface area is 151 Å². The Bertz CT molecular complexity index is 836. The molecular formula is C21H20O5. The number of rotatable bonds is 5. The van der Waals surface area contributed by atoms with Gasteiger partial charge in [-0.3, -0.25) is 0 Å². The van der Waals surface area contributed by atoms with Crippen LogP contribution in [0.5, 0.6) is 0 Å². The van der Waals surface area contributed by atoms with Gasteiger partial charge in [-0.05, 0) is 25.0 Å². The highest BCUT2D eigenvalue weighted by Crippen LogP contribution is 2.51. The van der Waals surface area contributed by atoms with E-state index >= 15 is 0 Å². The van der Waals surface area contributed by atoms with Gasteiger partial charge in [0.2, 0.25) is 0 Å². The molecule has 0 aromatic heterocycles. The van der Waals surface area contributed by atoms with E-state index in [9.17, 15) is 14.7 Å². The van der Waals surface area contributed by atoms with Crippen molar-refractivity contribution in [3.8, 4) is 11.1 Å². The average molecular weight is 352 g/mol. The monoisotopic (exact) mass is 352 g/mol. The first kappa shape index (κ1) is 17.9. The Hall–Kier alpha value is -2.92. The van der Waals surface area contributed by atoms with Crippen LogP contribution in [0.1, 0.15) is 25.0 Å². The number of carbonyl (C=O) groups is 2. The summed E-state index contributed by atoms with van der Waals surface area (Å²) in [5, 5.41) is 11.7. The fraction of sp³-hybridized carbons (Fsp3) is 0.238. The second-order valence-corrected chi connectivity index (χ2v) is 5.83. The van der Waals surface area contributed by atoms with Crippen molar-refractivity contribution >= 4 is 11.9 Å². The predicted molar refractivity (Wildman–Crippen MR) is 96.2 cm³/mol. The molecule has 26 heavy (non-hydrogen) atoms. The maximum Gasteiger partial charge on any atom is 0.337 e. The fourth-order valence-electron chi connectivity index (χ4n) is 3.32. The van der Waals surface area contributed by atoms with Crippen molar-refractivity contribution in [2.45, 2.75) is 19.4 Å². The number of fused-ring (bicyclic) bond motifs is 3. The van der Waals surface area contributed by atoms with E-state index in [-0.39, 0.29) is 18.8 Å². The van der Waals surface area contributed by atoms with Crippen molar-refractivity contribution in [1.82, 2.24) is 0 Å². The molecule has 134 valence electrons. The first-order chi connectivity index (χ1) is 12.5. The molecule has 5 nitrogen and oxygen atoms in total. The molecule has 0 saturated carbocycles. The Morgan fingerprint density at radius 1 is 0.923 bits per heavy atom. The Morgan fingerprint density at radius 3 is 1.92 bits per heavy atom. The Morgan fingerprint density at radius 2 is 1.42 bits per heavy atom. The zero-order valence-corrected chi connectivity index (χ0v) is 14.7. The maximum atomic E-state index is 12.6. The number of carbonyl (C=O) groups excluding carboxylic acids is 2. The molecule has 0 fully saturated rings. The number of hydrogen-bond acceptors (Lipinski definition) is 5. The van der Waals surface area contributed by atoms with Gasteiger partial charge in [-0.1, -0.05) is 48.5 Å². The molecule has 3 rings (SSSR count). The zero-order valence-electron chi connectivity index (χ0n) is 14.7. The first-order valence-electron chi connectivity index (χ1n) is 8.51. The molecule has 0 heterocycles.